The average Bonchev–Trinajstić information content (AvgIpc) is 2.21. The largest absolute Gasteiger partial charge is 0.315 e. The topological polar surface area (TPSA) is 15.3 Å². The molecule has 1 aliphatic rings. The van der Waals surface area contributed by atoms with Crippen LogP contribution in [0.15, 0.2) is 0 Å². The van der Waals surface area contributed by atoms with Crippen molar-refractivity contribution < 1.29 is 0 Å². The Morgan fingerprint density at radius 1 is 0.929 bits per heavy atom. The van der Waals surface area contributed by atoms with E-state index in [4.69, 9.17) is 0 Å². The third-order valence-electron chi connectivity index (χ3n) is 3.25. The monoisotopic (exact) mass is 198 g/mol. The molecule has 1 aliphatic heterocycles. The lowest BCUT2D eigenvalue weighted by Crippen LogP contribution is -2.38. The van der Waals surface area contributed by atoms with Crippen molar-refractivity contribution >= 4 is 0 Å². The van der Waals surface area contributed by atoms with Crippen molar-refractivity contribution in [2.75, 3.05) is 27.2 Å². The highest BCUT2D eigenvalue weighted by molar-refractivity contribution is 4.70. The molecular weight excluding hydrogens is 172 g/mol. The molecule has 1 atom stereocenters. The minimum atomic E-state index is 0.744. The molecule has 1 saturated heterocycles. The first-order valence-electron chi connectivity index (χ1n) is 6.18. The lowest BCUT2D eigenvalue weighted by molar-refractivity contribution is 0.264. The maximum atomic E-state index is 3.57. The van der Waals surface area contributed by atoms with Gasteiger partial charge >= 0.3 is 0 Å². The number of nitrogens with zero attached hydrogens (tertiary/aromatic N) is 1. The van der Waals surface area contributed by atoms with Gasteiger partial charge in [-0.2, -0.15) is 0 Å². The molecule has 0 aromatic heterocycles. The van der Waals surface area contributed by atoms with E-state index >= 15 is 0 Å². The summed E-state index contributed by atoms with van der Waals surface area (Å²) in [7, 11) is 4.40. The van der Waals surface area contributed by atoms with Crippen molar-refractivity contribution in [1.29, 1.82) is 0 Å². The molecule has 1 unspecified atom stereocenters. The van der Waals surface area contributed by atoms with Gasteiger partial charge in [-0.1, -0.05) is 32.1 Å². The fraction of sp³-hybridized carbons (Fsp3) is 1.00. The van der Waals surface area contributed by atoms with E-state index in [-0.39, 0.29) is 0 Å². The number of rotatable bonds is 1. The normalized spacial score (nSPS) is 27.2. The molecule has 0 spiro atoms. The fourth-order valence-electron chi connectivity index (χ4n) is 2.15. The predicted octanol–water partition coefficient (Wildman–Crippen LogP) is 2.25. The minimum Gasteiger partial charge on any atom is -0.315 e. The van der Waals surface area contributed by atoms with Crippen LogP contribution < -0.4 is 5.32 Å². The molecule has 0 aromatic carbocycles. The summed E-state index contributed by atoms with van der Waals surface area (Å²) < 4.78 is 0. The molecule has 1 rings (SSSR count). The van der Waals surface area contributed by atoms with Crippen LogP contribution in [0.2, 0.25) is 0 Å². The van der Waals surface area contributed by atoms with Crippen LogP contribution in [0.25, 0.3) is 0 Å². The highest BCUT2D eigenvalue weighted by atomic mass is 15.1. The SMILES string of the molecule is CN(C)C1CCCCCCCCNC1. The maximum Gasteiger partial charge on any atom is 0.0214 e. The van der Waals surface area contributed by atoms with E-state index in [9.17, 15) is 0 Å². The summed E-state index contributed by atoms with van der Waals surface area (Å²) in [6, 6.07) is 0.744. The smallest absolute Gasteiger partial charge is 0.0214 e. The van der Waals surface area contributed by atoms with E-state index in [2.05, 4.69) is 24.3 Å². The molecule has 1 heterocycles. The number of nitrogens with one attached hydrogen (secondary N) is 1. The zero-order valence-electron chi connectivity index (χ0n) is 9.89. The first-order valence-corrected chi connectivity index (χ1v) is 6.18. The Hall–Kier alpha value is -0.0800. The van der Waals surface area contributed by atoms with E-state index < -0.39 is 0 Å². The van der Waals surface area contributed by atoms with Gasteiger partial charge in [-0.15, -0.1) is 0 Å². The molecule has 0 aromatic rings. The summed E-state index contributed by atoms with van der Waals surface area (Å²) in [4.78, 5) is 2.37. The molecular formula is C12H26N2. The maximum absolute atomic E-state index is 3.57. The standard InChI is InChI=1S/C12H26N2/c1-14(2)12-9-7-5-3-4-6-8-10-13-11-12/h12-13H,3-11H2,1-2H3. The van der Waals surface area contributed by atoms with Gasteiger partial charge in [0.2, 0.25) is 0 Å². The van der Waals surface area contributed by atoms with Gasteiger partial charge in [-0.3, -0.25) is 0 Å². The first-order chi connectivity index (χ1) is 6.80. The summed E-state index contributed by atoms with van der Waals surface area (Å²) in [5.74, 6) is 0. The van der Waals surface area contributed by atoms with Crippen molar-refractivity contribution in [2.24, 2.45) is 0 Å². The molecule has 0 amide bonds. The Kier molecular flexibility index (Phi) is 6.20. The second kappa shape index (κ2) is 7.24. The second-order valence-electron chi connectivity index (χ2n) is 4.73. The second-order valence-corrected chi connectivity index (χ2v) is 4.73. The van der Waals surface area contributed by atoms with Crippen LogP contribution in [0.4, 0.5) is 0 Å². The molecule has 1 N–H and O–H groups in total. The molecule has 0 radical (unpaired) electrons. The van der Waals surface area contributed by atoms with Gasteiger partial charge in [0.1, 0.15) is 0 Å². The highest BCUT2D eigenvalue weighted by Crippen LogP contribution is 2.11. The van der Waals surface area contributed by atoms with Crippen LogP contribution in [-0.2, 0) is 0 Å². The molecule has 0 aliphatic carbocycles. The van der Waals surface area contributed by atoms with Crippen LogP contribution in [0, 0.1) is 0 Å². The zero-order chi connectivity index (χ0) is 10.2. The third kappa shape index (κ3) is 4.97. The van der Waals surface area contributed by atoms with Gasteiger partial charge < -0.3 is 10.2 Å². The van der Waals surface area contributed by atoms with Crippen molar-refractivity contribution in [1.82, 2.24) is 10.2 Å². The van der Waals surface area contributed by atoms with Gasteiger partial charge in [0.05, 0.1) is 0 Å². The Morgan fingerprint density at radius 2 is 1.57 bits per heavy atom. The van der Waals surface area contributed by atoms with E-state index in [0.29, 0.717) is 0 Å². The summed E-state index contributed by atoms with van der Waals surface area (Å²) in [6.07, 6.45) is 9.86. The van der Waals surface area contributed by atoms with Crippen LogP contribution >= 0.6 is 0 Å². The minimum absolute atomic E-state index is 0.744. The van der Waals surface area contributed by atoms with Crippen molar-refractivity contribution in [2.45, 2.75) is 51.0 Å². The van der Waals surface area contributed by atoms with Gasteiger partial charge in [0.15, 0.2) is 0 Å². The Balaban J connectivity index is 2.27. The molecule has 0 bridgehead atoms. The molecule has 1 fully saturated rings. The third-order valence-corrected chi connectivity index (χ3v) is 3.25. The zero-order valence-corrected chi connectivity index (χ0v) is 9.89. The van der Waals surface area contributed by atoms with Crippen LogP contribution in [-0.4, -0.2) is 38.1 Å². The van der Waals surface area contributed by atoms with Crippen LogP contribution in [0.3, 0.4) is 0 Å². The van der Waals surface area contributed by atoms with Crippen LogP contribution in [0.1, 0.15) is 44.9 Å². The predicted molar refractivity (Wildman–Crippen MR) is 62.7 cm³/mol. The molecule has 14 heavy (non-hydrogen) atoms. The Bertz CT molecular complexity index is 122. The van der Waals surface area contributed by atoms with E-state index in [1.807, 2.05) is 0 Å². The van der Waals surface area contributed by atoms with Gasteiger partial charge in [0.25, 0.3) is 0 Å². The summed E-state index contributed by atoms with van der Waals surface area (Å²) in [6.45, 7) is 2.39. The lowest BCUT2D eigenvalue weighted by atomic mass is 10.1. The van der Waals surface area contributed by atoms with Gasteiger partial charge in [0, 0.05) is 12.6 Å². The highest BCUT2D eigenvalue weighted by Gasteiger charge is 2.10. The fourth-order valence-corrected chi connectivity index (χ4v) is 2.15. The van der Waals surface area contributed by atoms with Crippen molar-refractivity contribution in [3.8, 4) is 0 Å². The average molecular weight is 198 g/mol. The van der Waals surface area contributed by atoms with Crippen molar-refractivity contribution in [3.63, 3.8) is 0 Å². The van der Waals surface area contributed by atoms with Crippen LogP contribution in [0.5, 0.6) is 0 Å². The number of likely N-dealkylation sites (N-methyl/N-ethyl adjacent to an activating group) is 1. The number of hydrogen-bond acceptors (Lipinski definition) is 2. The molecule has 84 valence electrons. The van der Waals surface area contributed by atoms with Crippen molar-refractivity contribution in [3.05, 3.63) is 0 Å². The molecule has 2 nitrogen and oxygen atoms in total. The summed E-state index contributed by atoms with van der Waals surface area (Å²) in [5.41, 5.74) is 0. The lowest BCUT2D eigenvalue weighted by Gasteiger charge is -2.24. The van der Waals surface area contributed by atoms with Gasteiger partial charge in [-0.05, 0) is 33.5 Å². The number of hydrogen-bond donors (Lipinski definition) is 1. The quantitative estimate of drug-likeness (QED) is 0.695. The van der Waals surface area contributed by atoms with Gasteiger partial charge in [-0.25, -0.2) is 0 Å². The molecule has 0 saturated carbocycles. The van der Waals surface area contributed by atoms with E-state index in [1.54, 1.807) is 0 Å². The summed E-state index contributed by atoms with van der Waals surface area (Å²) >= 11 is 0. The Labute approximate surface area is 89.1 Å². The molecule has 2 heteroatoms. The van der Waals surface area contributed by atoms with E-state index in [0.717, 1.165) is 6.04 Å². The summed E-state index contributed by atoms with van der Waals surface area (Å²) in [5, 5.41) is 3.57. The Morgan fingerprint density at radius 3 is 2.29 bits per heavy atom. The first kappa shape index (κ1) is 12.0. The van der Waals surface area contributed by atoms with E-state index in [1.165, 1.54) is 58.0 Å².